The van der Waals surface area contributed by atoms with Crippen molar-refractivity contribution in [2.75, 3.05) is 0 Å². The second-order valence-electron chi connectivity index (χ2n) is 9.29. The molecule has 5 aromatic carbocycles. The van der Waals surface area contributed by atoms with Gasteiger partial charge in [-0.15, -0.1) is 0 Å². The molecule has 0 amide bonds. The van der Waals surface area contributed by atoms with Gasteiger partial charge in [-0.25, -0.2) is 0 Å². The topological polar surface area (TPSA) is 13.1 Å². The lowest BCUT2D eigenvalue weighted by atomic mass is 9.43. The Kier molecular flexibility index (Phi) is 3.54. The van der Waals surface area contributed by atoms with Crippen LogP contribution >= 0.6 is 0 Å². The lowest BCUT2D eigenvalue weighted by molar-refractivity contribution is 0.653. The van der Waals surface area contributed by atoms with Crippen LogP contribution in [0.3, 0.4) is 0 Å². The van der Waals surface area contributed by atoms with E-state index in [9.17, 15) is 0 Å². The minimum atomic E-state index is 0.164. The molecular weight excluding hydrogens is 411 g/mol. The highest BCUT2D eigenvalue weighted by molar-refractivity contribution is 7.02. The minimum absolute atomic E-state index is 0.164. The van der Waals surface area contributed by atoms with Crippen molar-refractivity contribution < 1.29 is 4.42 Å². The molecule has 0 N–H and O–H groups in total. The van der Waals surface area contributed by atoms with Gasteiger partial charge in [-0.3, -0.25) is 0 Å². The summed E-state index contributed by atoms with van der Waals surface area (Å²) in [4.78, 5) is 0. The van der Waals surface area contributed by atoms with Crippen LogP contribution < -0.4 is 16.6 Å². The number of para-hydroxylation sites is 1. The summed E-state index contributed by atoms with van der Waals surface area (Å²) < 4.78 is 6.55. The van der Waals surface area contributed by atoms with Crippen molar-refractivity contribution in [3.63, 3.8) is 0 Å². The van der Waals surface area contributed by atoms with Crippen molar-refractivity contribution in [3.8, 4) is 44.5 Å². The summed E-state index contributed by atoms with van der Waals surface area (Å²) in [5.74, 6) is 0. The summed E-state index contributed by atoms with van der Waals surface area (Å²) in [5.41, 5.74) is 15.1. The van der Waals surface area contributed by atoms with E-state index in [2.05, 4.69) is 115 Å². The maximum Gasteiger partial charge on any atom is 0.290 e. The normalized spacial score (nSPS) is 12.6. The van der Waals surface area contributed by atoms with Gasteiger partial charge in [0.2, 0.25) is 0 Å². The van der Waals surface area contributed by atoms with E-state index < -0.39 is 0 Å². The van der Waals surface area contributed by atoms with Crippen LogP contribution in [0.1, 0.15) is 0 Å². The van der Waals surface area contributed by atoms with E-state index >= 15 is 0 Å². The van der Waals surface area contributed by atoms with Gasteiger partial charge < -0.3 is 4.42 Å². The zero-order valence-electron chi connectivity index (χ0n) is 18.5. The Morgan fingerprint density at radius 2 is 1.15 bits per heavy atom. The van der Waals surface area contributed by atoms with Gasteiger partial charge in [0.05, 0.1) is 5.66 Å². The van der Waals surface area contributed by atoms with Gasteiger partial charge in [-0.05, 0) is 68.7 Å². The number of benzene rings is 5. The van der Waals surface area contributed by atoms with Crippen LogP contribution in [0.5, 0.6) is 0 Å². The standard InChI is InChI=1S/C32H19BO/c1-3-9-20(10-4-1)22-15-16-28-25(17-22)26-18-23(21-11-5-2-6-12-21)19-27-30-24-13-7-8-14-29(24)34-32(30)33(28)31(26)27/h1-19H. The Balaban J connectivity index is 1.45. The Bertz CT molecular complexity index is 1750. The molecule has 1 aromatic heterocycles. The second kappa shape index (κ2) is 6.62. The number of fused-ring (bicyclic) bond motifs is 8. The third kappa shape index (κ3) is 2.35. The van der Waals surface area contributed by atoms with E-state index in [0.717, 1.165) is 11.2 Å². The molecule has 0 unspecified atom stereocenters. The fraction of sp³-hybridized carbons (Fsp3) is 0. The highest BCUT2D eigenvalue weighted by Gasteiger charge is 2.45. The molecule has 8 rings (SSSR count). The third-order valence-corrected chi connectivity index (χ3v) is 7.49. The Morgan fingerprint density at radius 3 is 1.94 bits per heavy atom. The zero-order chi connectivity index (χ0) is 22.2. The molecule has 2 aliphatic heterocycles. The Hall–Kier alpha value is -4.30. The highest BCUT2D eigenvalue weighted by atomic mass is 16.3. The summed E-state index contributed by atoms with van der Waals surface area (Å²) in [5, 5.41) is 1.21. The fourth-order valence-corrected chi connectivity index (χ4v) is 6.02. The zero-order valence-corrected chi connectivity index (χ0v) is 18.5. The largest absolute Gasteiger partial charge is 0.470 e. The van der Waals surface area contributed by atoms with E-state index in [1.807, 2.05) is 0 Å². The van der Waals surface area contributed by atoms with E-state index in [1.54, 1.807) is 0 Å². The van der Waals surface area contributed by atoms with Crippen LogP contribution in [-0.2, 0) is 0 Å². The van der Waals surface area contributed by atoms with Crippen molar-refractivity contribution >= 4 is 34.3 Å². The number of furan rings is 1. The fourth-order valence-electron chi connectivity index (χ4n) is 6.02. The van der Waals surface area contributed by atoms with Gasteiger partial charge in [0.15, 0.2) is 0 Å². The predicted octanol–water partition coefficient (Wildman–Crippen LogP) is 6.24. The number of hydrogen-bond donors (Lipinski definition) is 0. The molecule has 2 heteroatoms. The summed E-state index contributed by atoms with van der Waals surface area (Å²) in [6.07, 6.45) is 0. The maximum atomic E-state index is 6.55. The van der Waals surface area contributed by atoms with Crippen molar-refractivity contribution in [1.29, 1.82) is 0 Å². The van der Waals surface area contributed by atoms with Crippen LogP contribution in [0.25, 0.3) is 55.5 Å². The molecule has 0 aliphatic carbocycles. The molecule has 6 aromatic rings. The van der Waals surface area contributed by atoms with Crippen molar-refractivity contribution in [2.45, 2.75) is 0 Å². The molecule has 2 aliphatic rings. The first kappa shape index (κ1) is 18.2. The van der Waals surface area contributed by atoms with E-state index in [0.29, 0.717) is 0 Å². The molecule has 0 radical (unpaired) electrons. The van der Waals surface area contributed by atoms with E-state index in [1.165, 1.54) is 60.8 Å². The van der Waals surface area contributed by atoms with Gasteiger partial charge in [-0.1, -0.05) is 96.5 Å². The van der Waals surface area contributed by atoms with Gasteiger partial charge in [0.1, 0.15) is 5.58 Å². The smallest absolute Gasteiger partial charge is 0.290 e. The first-order valence-corrected chi connectivity index (χ1v) is 11.8. The van der Waals surface area contributed by atoms with Crippen LogP contribution in [0.4, 0.5) is 0 Å². The molecule has 0 saturated heterocycles. The lowest BCUT2D eigenvalue weighted by Crippen LogP contribution is -2.45. The summed E-state index contributed by atoms with van der Waals surface area (Å²) in [6.45, 7) is 0.164. The van der Waals surface area contributed by atoms with Crippen molar-refractivity contribution in [2.24, 2.45) is 0 Å². The average Bonchev–Trinajstić information content (AvgIpc) is 3.54. The molecule has 0 saturated carbocycles. The highest BCUT2D eigenvalue weighted by Crippen LogP contribution is 2.41. The predicted molar refractivity (Wildman–Crippen MR) is 143 cm³/mol. The lowest BCUT2D eigenvalue weighted by Gasteiger charge is -2.12. The van der Waals surface area contributed by atoms with Crippen LogP contribution in [0.15, 0.2) is 120 Å². The molecule has 1 nitrogen and oxygen atoms in total. The molecule has 3 heterocycles. The summed E-state index contributed by atoms with van der Waals surface area (Å²) in [7, 11) is 0. The molecule has 0 fully saturated rings. The van der Waals surface area contributed by atoms with E-state index in [4.69, 9.17) is 4.42 Å². The van der Waals surface area contributed by atoms with Gasteiger partial charge in [-0.2, -0.15) is 0 Å². The first-order valence-electron chi connectivity index (χ1n) is 11.8. The van der Waals surface area contributed by atoms with E-state index in [-0.39, 0.29) is 6.71 Å². The molecule has 156 valence electrons. The quantitative estimate of drug-likeness (QED) is 0.296. The van der Waals surface area contributed by atoms with Gasteiger partial charge in [0, 0.05) is 10.9 Å². The Morgan fingerprint density at radius 1 is 0.500 bits per heavy atom. The number of hydrogen-bond acceptors (Lipinski definition) is 1. The second-order valence-corrected chi connectivity index (χ2v) is 9.29. The molecule has 0 spiro atoms. The average molecular weight is 430 g/mol. The summed E-state index contributed by atoms with van der Waals surface area (Å²) in [6, 6.07) is 41.5. The maximum absolute atomic E-state index is 6.55. The van der Waals surface area contributed by atoms with Crippen LogP contribution in [-0.4, -0.2) is 6.71 Å². The monoisotopic (exact) mass is 430 g/mol. The first-order chi connectivity index (χ1) is 16.9. The Labute approximate surface area is 198 Å². The minimum Gasteiger partial charge on any atom is -0.470 e. The third-order valence-electron chi connectivity index (χ3n) is 7.49. The SMILES string of the molecule is c1ccc(-c2ccc3c(c2)-c2cc(-c4ccccc4)cc4c2B3c2oc3ccccc3c2-4)cc1. The van der Waals surface area contributed by atoms with Crippen molar-refractivity contribution in [1.82, 2.24) is 0 Å². The van der Waals surface area contributed by atoms with Crippen LogP contribution in [0.2, 0.25) is 0 Å². The molecular formula is C32H19BO. The van der Waals surface area contributed by atoms with Gasteiger partial charge >= 0.3 is 0 Å². The molecule has 0 atom stereocenters. The van der Waals surface area contributed by atoms with Crippen LogP contribution in [0, 0.1) is 0 Å². The summed E-state index contributed by atoms with van der Waals surface area (Å²) >= 11 is 0. The molecule has 34 heavy (non-hydrogen) atoms. The van der Waals surface area contributed by atoms with Gasteiger partial charge in [0.25, 0.3) is 6.71 Å². The molecule has 0 bridgehead atoms. The number of rotatable bonds is 2. The van der Waals surface area contributed by atoms with Crippen molar-refractivity contribution in [3.05, 3.63) is 115 Å².